The molecule has 5 heteroatoms. The topological polar surface area (TPSA) is 46.0 Å². The van der Waals surface area contributed by atoms with Crippen LogP contribution in [0.5, 0.6) is 0 Å². The number of aromatic nitrogens is 3. The van der Waals surface area contributed by atoms with Crippen molar-refractivity contribution < 1.29 is 0 Å². The van der Waals surface area contributed by atoms with Crippen molar-refractivity contribution in [2.75, 3.05) is 18.5 Å². The van der Waals surface area contributed by atoms with Gasteiger partial charge in [-0.15, -0.1) is 0 Å². The molecule has 0 saturated carbocycles. The average Bonchev–Trinajstić information content (AvgIpc) is 2.89. The first-order valence-corrected chi connectivity index (χ1v) is 7.51. The molecule has 21 heavy (non-hydrogen) atoms. The second-order valence-corrected chi connectivity index (χ2v) is 5.34. The highest BCUT2D eigenvalue weighted by Crippen LogP contribution is 2.17. The van der Waals surface area contributed by atoms with Crippen molar-refractivity contribution in [1.82, 2.24) is 20.1 Å². The van der Waals surface area contributed by atoms with Crippen molar-refractivity contribution in [3.8, 4) is 0 Å². The third kappa shape index (κ3) is 4.29. The zero-order chi connectivity index (χ0) is 15.2. The SMILES string of the molecule is CCNCc1cc(CC)nc(N(C)Cc2cnn(C)c2)c1. The highest BCUT2D eigenvalue weighted by Gasteiger charge is 2.08. The predicted molar refractivity (Wildman–Crippen MR) is 86.3 cm³/mol. The van der Waals surface area contributed by atoms with Crippen LogP contribution in [-0.2, 0) is 26.6 Å². The van der Waals surface area contributed by atoms with Crippen molar-refractivity contribution in [2.24, 2.45) is 7.05 Å². The van der Waals surface area contributed by atoms with Gasteiger partial charge in [0.25, 0.3) is 0 Å². The van der Waals surface area contributed by atoms with Crippen molar-refractivity contribution in [3.05, 3.63) is 41.3 Å². The number of hydrogen-bond donors (Lipinski definition) is 1. The van der Waals surface area contributed by atoms with Crippen molar-refractivity contribution in [1.29, 1.82) is 0 Å². The molecule has 0 aliphatic heterocycles. The monoisotopic (exact) mass is 287 g/mol. The summed E-state index contributed by atoms with van der Waals surface area (Å²) in [4.78, 5) is 6.91. The van der Waals surface area contributed by atoms with Gasteiger partial charge in [0.05, 0.1) is 6.20 Å². The maximum atomic E-state index is 4.73. The van der Waals surface area contributed by atoms with Crippen molar-refractivity contribution >= 4 is 5.82 Å². The molecule has 114 valence electrons. The fourth-order valence-corrected chi connectivity index (χ4v) is 2.29. The first kappa shape index (κ1) is 15.5. The second-order valence-electron chi connectivity index (χ2n) is 5.34. The Balaban J connectivity index is 2.16. The Morgan fingerprint density at radius 2 is 2.05 bits per heavy atom. The highest BCUT2D eigenvalue weighted by atomic mass is 15.2. The smallest absolute Gasteiger partial charge is 0.129 e. The lowest BCUT2D eigenvalue weighted by Gasteiger charge is -2.19. The first-order chi connectivity index (χ1) is 10.1. The van der Waals surface area contributed by atoms with Crippen LogP contribution in [-0.4, -0.2) is 28.4 Å². The molecule has 2 heterocycles. The summed E-state index contributed by atoms with van der Waals surface area (Å²) in [6.07, 6.45) is 4.90. The molecule has 0 spiro atoms. The minimum atomic E-state index is 0.814. The summed E-state index contributed by atoms with van der Waals surface area (Å²) in [5, 5.41) is 7.59. The Labute approximate surface area is 127 Å². The van der Waals surface area contributed by atoms with Gasteiger partial charge in [-0.1, -0.05) is 13.8 Å². The zero-order valence-corrected chi connectivity index (χ0v) is 13.4. The molecule has 0 saturated heterocycles. The van der Waals surface area contributed by atoms with E-state index in [0.29, 0.717) is 0 Å². The molecule has 0 unspecified atom stereocenters. The van der Waals surface area contributed by atoms with Crippen LogP contribution in [0.25, 0.3) is 0 Å². The summed E-state index contributed by atoms with van der Waals surface area (Å²) >= 11 is 0. The third-order valence-corrected chi connectivity index (χ3v) is 3.44. The molecule has 1 N–H and O–H groups in total. The molecule has 5 nitrogen and oxygen atoms in total. The van der Waals surface area contributed by atoms with E-state index < -0.39 is 0 Å². The van der Waals surface area contributed by atoms with Gasteiger partial charge in [-0.05, 0) is 30.7 Å². The van der Waals surface area contributed by atoms with E-state index >= 15 is 0 Å². The lowest BCUT2D eigenvalue weighted by Crippen LogP contribution is -2.19. The lowest BCUT2D eigenvalue weighted by atomic mass is 10.2. The van der Waals surface area contributed by atoms with Gasteiger partial charge in [0.15, 0.2) is 0 Å². The van der Waals surface area contributed by atoms with Gasteiger partial charge in [0.1, 0.15) is 5.82 Å². The van der Waals surface area contributed by atoms with Crippen molar-refractivity contribution in [3.63, 3.8) is 0 Å². The highest BCUT2D eigenvalue weighted by molar-refractivity contribution is 5.42. The second kappa shape index (κ2) is 7.22. The number of nitrogens with one attached hydrogen (secondary N) is 1. The molecule has 0 bridgehead atoms. The van der Waals surface area contributed by atoms with E-state index in [9.17, 15) is 0 Å². The molecule has 2 rings (SSSR count). The van der Waals surface area contributed by atoms with E-state index in [2.05, 4.69) is 48.3 Å². The Hall–Kier alpha value is -1.88. The summed E-state index contributed by atoms with van der Waals surface area (Å²) < 4.78 is 1.83. The molecule has 0 fully saturated rings. The Morgan fingerprint density at radius 3 is 2.67 bits per heavy atom. The fraction of sp³-hybridized carbons (Fsp3) is 0.500. The van der Waals surface area contributed by atoms with Gasteiger partial charge in [0, 0.05) is 44.6 Å². The minimum Gasteiger partial charge on any atom is -0.355 e. The lowest BCUT2D eigenvalue weighted by molar-refractivity contribution is 0.723. The Morgan fingerprint density at radius 1 is 1.24 bits per heavy atom. The molecule has 0 atom stereocenters. The molecular weight excluding hydrogens is 262 g/mol. The maximum Gasteiger partial charge on any atom is 0.129 e. The van der Waals surface area contributed by atoms with Crippen LogP contribution < -0.4 is 10.2 Å². The van der Waals surface area contributed by atoms with Gasteiger partial charge in [-0.25, -0.2) is 4.98 Å². The van der Waals surface area contributed by atoms with Gasteiger partial charge in [0.2, 0.25) is 0 Å². The summed E-state index contributed by atoms with van der Waals surface area (Å²) in [6, 6.07) is 4.35. The molecular formula is C16H25N5. The quantitative estimate of drug-likeness (QED) is 0.847. The van der Waals surface area contributed by atoms with Crippen LogP contribution in [0.1, 0.15) is 30.7 Å². The largest absolute Gasteiger partial charge is 0.355 e. The van der Waals surface area contributed by atoms with Crippen LogP contribution in [0.2, 0.25) is 0 Å². The number of hydrogen-bond acceptors (Lipinski definition) is 4. The van der Waals surface area contributed by atoms with Crippen LogP contribution >= 0.6 is 0 Å². The third-order valence-electron chi connectivity index (χ3n) is 3.44. The van der Waals surface area contributed by atoms with E-state index in [1.165, 1.54) is 11.1 Å². The Bertz CT molecular complexity index is 576. The van der Waals surface area contributed by atoms with Crippen LogP contribution in [0.15, 0.2) is 24.5 Å². The van der Waals surface area contributed by atoms with E-state index in [1.807, 2.05) is 24.1 Å². The number of aryl methyl sites for hydroxylation is 2. The van der Waals surface area contributed by atoms with Crippen molar-refractivity contribution in [2.45, 2.75) is 33.4 Å². The predicted octanol–water partition coefficient (Wildman–Crippen LogP) is 2.12. The van der Waals surface area contributed by atoms with E-state index in [-0.39, 0.29) is 0 Å². The normalized spacial score (nSPS) is 10.9. The van der Waals surface area contributed by atoms with Gasteiger partial charge >= 0.3 is 0 Å². The minimum absolute atomic E-state index is 0.814. The average molecular weight is 287 g/mol. The number of pyridine rings is 1. The first-order valence-electron chi connectivity index (χ1n) is 7.51. The van der Waals surface area contributed by atoms with Gasteiger partial charge in [-0.3, -0.25) is 4.68 Å². The molecule has 0 aliphatic carbocycles. The summed E-state index contributed by atoms with van der Waals surface area (Å²) in [5.74, 6) is 1.02. The molecule has 2 aromatic heterocycles. The van der Waals surface area contributed by atoms with Gasteiger partial charge in [-0.2, -0.15) is 5.10 Å². The van der Waals surface area contributed by atoms with Crippen LogP contribution in [0.4, 0.5) is 5.82 Å². The fourth-order valence-electron chi connectivity index (χ4n) is 2.29. The van der Waals surface area contributed by atoms with E-state index in [4.69, 9.17) is 4.98 Å². The number of rotatable bonds is 7. The summed E-state index contributed by atoms with van der Waals surface area (Å²) in [6.45, 7) is 6.95. The number of nitrogens with zero attached hydrogens (tertiary/aromatic N) is 4. The van der Waals surface area contributed by atoms with Crippen LogP contribution in [0.3, 0.4) is 0 Å². The standard InChI is InChI=1S/C16H25N5/c1-5-15-7-13(9-17-6-2)8-16(19-15)20(3)11-14-10-18-21(4)12-14/h7-8,10,12,17H,5-6,9,11H2,1-4H3. The van der Waals surface area contributed by atoms with E-state index in [1.54, 1.807) is 0 Å². The van der Waals surface area contributed by atoms with E-state index in [0.717, 1.165) is 37.6 Å². The summed E-state index contributed by atoms with van der Waals surface area (Å²) in [5.41, 5.74) is 3.62. The zero-order valence-electron chi connectivity index (χ0n) is 13.4. The Kier molecular flexibility index (Phi) is 5.33. The number of anilines is 1. The molecule has 0 radical (unpaired) electrons. The molecule has 0 aliphatic rings. The van der Waals surface area contributed by atoms with Gasteiger partial charge < -0.3 is 10.2 Å². The molecule has 2 aromatic rings. The maximum absolute atomic E-state index is 4.73. The molecule has 0 aromatic carbocycles. The van der Waals surface area contributed by atoms with Crippen LogP contribution in [0, 0.1) is 0 Å². The summed E-state index contributed by atoms with van der Waals surface area (Å²) in [7, 11) is 4.01. The molecule has 0 amide bonds.